The molecule has 0 unspecified atom stereocenters. The normalized spacial score (nSPS) is 22.2. The van der Waals surface area contributed by atoms with Crippen LogP contribution < -0.4 is 4.90 Å². The highest BCUT2D eigenvalue weighted by atomic mass is 16.9. The van der Waals surface area contributed by atoms with Gasteiger partial charge < -0.3 is 45.6 Å². The Morgan fingerprint density at radius 1 is 1.11 bits per heavy atom. The number of esters is 1. The summed E-state index contributed by atoms with van der Waals surface area (Å²) in [6.45, 7) is 0. The van der Waals surface area contributed by atoms with Gasteiger partial charge in [0.1, 0.15) is 5.82 Å². The molecule has 16 heteroatoms. The lowest BCUT2D eigenvalue weighted by Crippen LogP contribution is -2.84. The zero-order valence-corrected chi connectivity index (χ0v) is 13.1. The third-order valence-electron chi connectivity index (χ3n) is 3.41. The van der Waals surface area contributed by atoms with Gasteiger partial charge in [-0.2, -0.15) is 0 Å². The van der Waals surface area contributed by atoms with E-state index in [0.717, 1.165) is 7.11 Å². The summed E-state index contributed by atoms with van der Waals surface area (Å²) in [6.07, 6.45) is 0. The van der Waals surface area contributed by atoms with Crippen molar-refractivity contribution in [3.8, 4) is 0 Å². The number of rotatable bonds is 3. The molecule has 0 spiro atoms. The number of carbonyl (C=O) groups is 1. The van der Waals surface area contributed by atoms with Crippen molar-refractivity contribution in [3.05, 3.63) is 27.9 Å². The Labute approximate surface area is 147 Å². The van der Waals surface area contributed by atoms with Gasteiger partial charge in [0.15, 0.2) is 5.69 Å². The third-order valence-corrected chi connectivity index (χ3v) is 3.41. The minimum atomic E-state index is -4.30. The van der Waals surface area contributed by atoms with E-state index in [1.807, 2.05) is 0 Å². The van der Waals surface area contributed by atoms with Crippen LogP contribution in [0.15, 0.2) is 12.1 Å². The summed E-state index contributed by atoms with van der Waals surface area (Å²) in [6, 6.07) is 0.866. The number of pyridine rings is 1. The summed E-state index contributed by atoms with van der Waals surface area (Å²) in [5.74, 6) is -19.8. The number of ether oxygens (including phenoxy) is 2. The lowest BCUT2D eigenvalue weighted by Gasteiger charge is -2.55. The molecule has 0 atom stereocenters. The summed E-state index contributed by atoms with van der Waals surface area (Å²) >= 11 is 0. The van der Waals surface area contributed by atoms with Gasteiger partial charge in [-0.25, -0.2) is 14.7 Å². The molecule has 0 aromatic carbocycles. The number of hydrogen-bond acceptors (Lipinski definition) is 15. The maximum Gasteiger partial charge on any atom is 0.362 e. The van der Waals surface area contributed by atoms with Crippen molar-refractivity contribution in [3.63, 3.8) is 0 Å². The predicted octanol–water partition coefficient (Wildman–Crippen LogP) is -4.83. The van der Waals surface area contributed by atoms with Crippen LogP contribution in [0, 0.1) is 10.1 Å². The van der Waals surface area contributed by atoms with Crippen LogP contribution in [0.4, 0.5) is 11.5 Å². The smallest absolute Gasteiger partial charge is 0.362 e. The van der Waals surface area contributed by atoms with Crippen LogP contribution in [0.3, 0.4) is 0 Å². The quantitative estimate of drug-likeness (QED) is 0.103. The van der Waals surface area contributed by atoms with Gasteiger partial charge in [0.2, 0.25) is 0 Å². The monoisotopic (exact) mass is 395 g/mol. The van der Waals surface area contributed by atoms with Crippen LogP contribution in [-0.4, -0.2) is 87.6 Å². The van der Waals surface area contributed by atoms with Crippen molar-refractivity contribution in [2.45, 2.75) is 23.8 Å². The van der Waals surface area contributed by atoms with E-state index in [4.69, 9.17) is 0 Å². The Hall–Kier alpha value is -2.54. The number of nitrogens with zero attached hydrogens (tertiary/aromatic N) is 3. The summed E-state index contributed by atoms with van der Waals surface area (Å²) in [5.41, 5.74) is -1.86. The van der Waals surface area contributed by atoms with Crippen LogP contribution in [0.5, 0.6) is 0 Å². The Morgan fingerprint density at radius 3 is 2.00 bits per heavy atom. The Balaban J connectivity index is 2.81. The van der Waals surface area contributed by atoms with Crippen molar-refractivity contribution >= 4 is 17.5 Å². The largest absolute Gasteiger partial charge is 0.464 e. The van der Waals surface area contributed by atoms with Crippen LogP contribution in [-0.2, 0) is 9.47 Å². The van der Waals surface area contributed by atoms with E-state index >= 15 is 0 Å². The van der Waals surface area contributed by atoms with Crippen LogP contribution in [0.25, 0.3) is 0 Å². The van der Waals surface area contributed by atoms with Crippen LogP contribution in [0.1, 0.15) is 10.5 Å². The molecule has 1 saturated heterocycles. The van der Waals surface area contributed by atoms with E-state index in [2.05, 4.69) is 14.5 Å². The number of nitro groups is 1. The van der Waals surface area contributed by atoms with Gasteiger partial charge >= 0.3 is 29.7 Å². The molecule has 1 aromatic rings. The molecule has 16 nitrogen and oxygen atoms in total. The van der Waals surface area contributed by atoms with E-state index in [1.54, 1.807) is 0 Å². The zero-order valence-electron chi connectivity index (χ0n) is 13.1. The highest BCUT2D eigenvalue weighted by Gasteiger charge is 2.75. The Morgan fingerprint density at radius 2 is 1.59 bits per heavy atom. The molecule has 27 heavy (non-hydrogen) atoms. The third kappa shape index (κ3) is 3.06. The Kier molecular flexibility index (Phi) is 4.61. The molecule has 2 rings (SSSR count). The first-order valence-corrected chi connectivity index (χ1v) is 6.63. The minimum absolute atomic E-state index is 0.312. The number of methoxy groups -OCH3 is 1. The van der Waals surface area contributed by atoms with Gasteiger partial charge in [0, 0.05) is 6.07 Å². The van der Waals surface area contributed by atoms with E-state index in [9.17, 15) is 55.8 Å². The van der Waals surface area contributed by atoms with E-state index in [1.165, 1.54) is 0 Å². The van der Waals surface area contributed by atoms with E-state index in [0.29, 0.717) is 12.1 Å². The number of anilines is 1. The second-order valence-electron chi connectivity index (χ2n) is 5.24. The first-order valence-electron chi connectivity index (χ1n) is 6.63. The maximum atomic E-state index is 11.6. The minimum Gasteiger partial charge on any atom is -0.464 e. The molecule has 0 amide bonds. The molecule has 150 valence electrons. The molecular weight excluding hydrogens is 382 g/mol. The average Bonchev–Trinajstić information content (AvgIpc) is 2.51. The van der Waals surface area contributed by atoms with Crippen molar-refractivity contribution in [2.75, 3.05) is 12.0 Å². The standard InChI is InChI=1S/C11H13N3O13/c1-26-7(15)5-2-4(14(24)25)3-6(12-5)13-8(16,17)10(20,21)27-11(22,23)9(13,18)19/h2-3,16-23H,1H3. The van der Waals surface area contributed by atoms with Gasteiger partial charge in [-0.05, 0) is 0 Å². The fraction of sp³-hybridized carbons (Fsp3) is 0.455. The van der Waals surface area contributed by atoms with E-state index in [-0.39, 0.29) is 0 Å². The van der Waals surface area contributed by atoms with E-state index < -0.39 is 56.8 Å². The molecular formula is C11H13N3O13. The van der Waals surface area contributed by atoms with Crippen LogP contribution >= 0.6 is 0 Å². The fourth-order valence-corrected chi connectivity index (χ4v) is 2.09. The number of carbonyl (C=O) groups excluding carboxylic acids is 1. The average molecular weight is 395 g/mol. The summed E-state index contributed by atoms with van der Waals surface area (Å²) in [5, 5.41) is 88.6. The first-order chi connectivity index (χ1) is 12.1. The van der Waals surface area contributed by atoms with Gasteiger partial charge in [-0.3, -0.25) is 14.9 Å². The molecule has 0 aliphatic carbocycles. The SMILES string of the molecule is COC(=O)c1cc([N+](=O)[O-])cc(N2C(O)(O)C(O)(O)OC(O)(O)C2(O)O)n1. The lowest BCUT2D eigenvalue weighted by atomic mass is 10.1. The first kappa shape index (κ1) is 20.8. The molecule has 1 aliphatic heterocycles. The molecule has 1 aromatic heterocycles. The predicted molar refractivity (Wildman–Crippen MR) is 74.5 cm³/mol. The highest BCUT2D eigenvalue weighted by Crippen LogP contribution is 2.44. The van der Waals surface area contributed by atoms with Gasteiger partial charge in [0.25, 0.3) is 5.69 Å². The maximum absolute atomic E-state index is 11.6. The summed E-state index contributed by atoms with van der Waals surface area (Å²) < 4.78 is 7.93. The molecule has 1 aliphatic rings. The van der Waals surface area contributed by atoms with Crippen molar-refractivity contribution < 1.29 is 60.0 Å². The van der Waals surface area contributed by atoms with Crippen molar-refractivity contribution in [1.82, 2.24) is 4.98 Å². The van der Waals surface area contributed by atoms with Crippen molar-refractivity contribution in [1.29, 1.82) is 0 Å². The summed E-state index contributed by atoms with van der Waals surface area (Å²) in [4.78, 5) is 24.1. The number of aliphatic hydroxyl groups is 8. The van der Waals surface area contributed by atoms with Gasteiger partial charge in [0.05, 0.1) is 18.1 Å². The van der Waals surface area contributed by atoms with Crippen LogP contribution in [0.2, 0.25) is 0 Å². The fourth-order valence-electron chi connectivity index (χ4n) is 2.09. The number of hydrogen-bond donors (Lipinski definition) is 8. The Bertz CT molecular complexity index is 764. The molecule has 0 saturated carbocycles. The van der Waals surface area contributed by atoms with Crippen molar-refractivity contribution in [2.24, 2.45) is 0 Å². The number of aromatic nitrogens is 1. The number of morpholine rings is 1. The molecule has 0 bridgehead atoms. The van der Waals surface area contributed by atoms with Gasteiger partial charge in [-0.15, -0.1) is 0 Å². The lowest BCUT2D eigenvalue weighted by molar-refractivity contribution is -0.606. The molecule has 2 heterocycles. The molecule has 8 N–H and O–H groups in total. The highest BCUT2D eigenvalue weighted by molar-refractivity contribution is 5.88. The second kappa shape index (κ2) is 5.99. The topological polar surface area (TPSA) is 257 Å². The molecule has 1 fully saturated rings. The van der Waals surface area contributed by atoms with Gasteiger partial charge in [-0.1, -0.05) is 0 Å². The zero-order chi connectivity index (χ0) is 21.0. The summed E-state index contributed by atoms with van der Waals surface area (Å²) in [7, 11) is 0.862. The second-order valence-corrected chi connectivity index (χ2v) is 5.24. The molecule has 0 radical (unpaired) electrons.